The molecule has 0 radical (unpaired) electrons. The molecule has 2 aromatic rings. The maximum Gasteiger partial charge on any atom is 0.140 e. The summed E-state index contributed by atoms with van der Waals surface area (Å²) in [5, 5.41) is 12.8. The lowest BCUT2D eigenvalue weighted by molar-refractivity contribution is 0.415. The number of nitrogens with zero attached hydrogens (tertiary/aromatic N) is 1. The van der Waals surface area contributed by atoms with Crippen molar-refractivity contribution in [3.8, 4) is 11.8 Å². The maximum absolute atomic E-state index is 9.54. The molecule has 0 aliphatic heterocycles. The van der Waals surface area contributed by atoms with Crippen molar-refractivity contribution in [3.05, 3.63) is 58.7 Å². The van der Waals surface area contributed by atoms with Crippen LogP contribution in [0.4, 0.5) is 5.69 Å². The lowest BCUT2D eigenvalue weighted by Crippen LogP contribution is -2.12. The third-order valence-corrected chi connectivity index (χ3v) is 3.54. The standard InChI is InChI=1S/C18H20N2O/c1-12-8-13(2)18(14(3)9-12)17(11-19)20-15-6-5-7-16(10-15)21-4/h5-10,17,20H,1-4H3. The van der Waals surface area contributed by atoms with Crippen LogP contribution in [0.1, 0.15) is 28.3 Å². The van der Waals surface area contributed by atoms with Gasteiger partial charge in [0.2, 0.25) is 0 Å². The van der Waals surface area contributed by atoms with Gasteiger partial charge in [-0.15, -0.1) is 0 Å². The zero-order valence-electron chi connectivity index (χ0n) is 12.9. The molecule has 0 aliphatic carbocycles. The number of nitrogens with one attached hydrogen (secondary N) is 1. The monoisotopic (exact) mass is 280 g/mol. The van der Waals surface area contributed by atoms with E-state index in [1.807, 2.05) is 38.1 Å². The number of hydrogen-bond donors (Lipinski definition) is 1. The van der Waals surface area contributed by atoms with Crippen LogP contribution in [0.2, 0.25) is 0 Å². The average molecular weight is 280 g/mol. The van der Waals surface area contributed by atoms with Crippen LogP contribution < -0.4 is 10.1 Å². The summed E-state index contributed by atoms with van der Waals surface area (Å²) >= 11 is 0. The van der Waals surface area contributed by atoms with Crippen LogP contribution in [0.15, 0.2) is 36.4 Å². The Bertz CT molecular complexity index is 663. The van der Waals surface area contributed by atoms with Crippen molar-refractivity contribution in [2.45, 2.75) is 26.8 Å². The van der Waals surface area contributed by atoms with E-state index < -0.39 is 0 Å². The molecule has 0 saturated carbocycles. The third-order valence-electron chi connectivity index (χ3n) is 3.54. The second-order valence-corrected chi connectivity index (χ2v) is 5.25. The maximum atomic E-state index is 9.54. The van der Waals surface area contributed by atoms with E-state index in [2.05, 4.69) is 30.4 Å². The molecule has 2 rings (SSSR count). The Kier molecular flexibility index (Phi) is 4.49. The Morgan fingerprint density at radius 1 is 1.10 bits per heavy atom. The highest BCUT2D eigenvalue weighted by molar-refractivity contribution is 5.53. The Morgan fingerprint density at radius 2 is 1.76 bits per heavy atom. The number of methoxy groups -OCH3 is 1. The molecule has 0 saturated heterocycles. The van der Waals surface area contributed by atoms with Crippen molar-refractivity contribution in [2.75, 3.05) is 12.4 Å². The highest BCUT2D eigenvalue weighted by atomic mass is 16.5. The summed E-state index contributed by atoms with van der Waals surface area (Å²) in [7, 11) is 1.63. The normalized spacial score (nSPS) is 11.6. The number of anilines is 1. The van der Waals surface area contributed by atoms with E-state index >= 15 is 0 Å². The Morgan fingerprint density at radius 3 is 2.33 bits per heavy atom. The number of benzene rings is 2. The van der Waals surface area contributed by atoms with Crippen molar-refractivity contribution in [3.63, 3.8) is 0 Å². The first-order valence-corrected chi connectivity index (χ1v) is 6.93. The number of nitriles is 1. The Labute approximate surface area is 126 Å². The van der Waals surface area contributed by atoms with Gasteiger partial charge in [-0.1, -0.05) is 23.8 Å². The summed E-state index contributed by atoms with van der Waals surface area (Å²) in [6, 6.07) is 13.8. The average Bonchev–Trinajstić information content (AvgIpc) is 2.45. The smallest absolute Gasteiger partial charge is 0.140 e. The minimum Gasteiger partial charge on any atom is -0.497 e. The second kappa shape index (κ2) is 6.32. The zero-order chi connectivity index (χ0) is 15.4. The molecule has 3 nitrogen and oxygen atoms in total. The van der Waals surface area contributed by atoms with Crippen molar-refractivity contribution >= 4 is 5.69 Å². The van der Waals surface area contributed by atoms with Gasteiger partial charge < -0.3 is 10.1 Å². The van der Waals surface area contributed by atoms with E-state index in [0.29, 0.717) is 0 Å². The first kappa shape index (κ1) is 14.9. The van der Waals surface area contributed by atoms with E-state index in [1.54, 1.807) is 7.11 Å². The summed E-state index contributed by atoms with van der Waals surface area (Å²) in [5.41, 5.74) is 5.40. The van der Waals surface area contributed by atoms with Crippen molar-refractivity contribution in [1.29, 1.82) is 5.26 Å². The van der Waals surface area contributed by atoms with E-state index in [4.69, 9.17) is 4.74 Å². The van der Waals surface area contributed by atoms with Gasteiger partial charge in [0.1, 0.15) is 11.8 Å². The second-order valence-electron chi connectivity index (χ2n) is 5.25. The summed E-state index contributed by atoms with van der Waals surface area (Å²) in [6.07, 6.45) is 0. The van der Waals surface area contributed by atoms with Gasteiger partial charge in [0.25, 0.3) is 0 Å². The summed E-state index contributed by atoms with van der Waals surface area (Å²) in [5.74, 6) is 0.772. The van der Waals surface area contributed by atoms with Crippen molar-refractivity contribution in [1.82, 2.24) is 0 Å². The summed E-state index contributed by atoms with van der Waals surface area (Å²) in [4.78, 5) is 0. The molecule has 0 aromatic heterocycles. The molecule has 0 bridgehead atoms. The quantitative estimate of drug-likeness (QED) is 0.908. The van der Waals surface area contributed by atoms with Crippen LogP contribution >= 0.6 is 0 Å². The molecule has 108 valence electrons. The van der Waals surface area contributed by atoms with Gasteiger partial charge >= 0.3 is 0 Å². The summed E-state index contributed by atoms with van der Waals surface area (Å²) < 4.78 is 5.22. The molecule has 2 aromatic carbocycles. The lowest BCUT2D eigenvalue weighted by atomic mass is 9.94. The van der Waals surface area contributed by atoms with Crippen LogP contribution in [-0.4, -0.2) is 7.11 Å². The van der Waals surface area contributed by atoms with Gasteiger partial charge in [-0.25, -0.2) is 0 Å². The topological polar surface area (TPSA) is 45.0 Å². The molecular weight excluding hydrogens is 260 g/mol. The number of hydrogen-bond acceptors (Lipinski definition) is 3. The van der Waals surface area contributed by atoms with Crippen molar-refractivity contribution < 1.29 is 4.74 Å². The Hall–Kier alpha value is -2.47. The number of aryl methyl sites for hydroxylation is 3. The molecule has 1 unspecified atom stereocenters. The predicted molar refractivity (Wildman–Crippen MR) is 85.6 cm³/mol. The highest BCUT2D eigenvalue weighted by Crippen LogP contribution is 2.27. The Balaban J connectivity index is 2.35. The van der Waals surface area contributed by atoms with E-state index in [1.165, 1.54) is 5.56 Å². The largest absolute Gasteiger partial charge is 0.497 e. The van der Waals surface area contributed by atoms with Gasteiger partial charge in [0, 0.05) is 11.8 Å². The van der Waals surface area contributed by atoms with E-state index in [9.17, 15) is 5.26 Å². The fourth-order valence-corrected chi connectivity index (χ4v) is 2.70. The first-order valence-electron chi connectivity index (χ1n) is 6.93. The SMILES string of the molecule is COc1cccc(NC(C#N)c2c(C)cc(C)cc2C)c1. The zero-order valence-corrected chi connectivity index (χ0v) is 12.9. The van der Waals surface area contributed by atoms with Gasteiger partial charge in [0.05, 0.1) is 13.2 Å². The van der Waals surface area contributed by atoms with Crippen LogP contribution in [0.5, 0.6) is 5.75 Å². The van der Waals surface area contributed by atoms with Crippen LogP contribution in [0.3, 0.4) is 0 Å². The molecule has 1 N–H and O–H groups in total. The fourth-order valence-electron chi connectivity index (χ4n) is 2.70. The molecule has 21 heavy (non-hydrogen) atoms. The van der Waals surface area contributed by atoms with E-state index in [-0.39, 0.29) is 6.04 Å². The minimum absolute atomic E-state index is 0.377. The molecular formula is C18H20N2O. The molecule has 0 fully saturated rings. The van der Waals surface area contributed by atoms with Gasteiger partial charge in [-0.05, 0) is 49.6 Å². The van der Waals surface area contributed by atoms with Gasteiger partial charge in [-0.2, -0.15) is 5.26 Å². The van der Waals surface area contributed by atoms with Crippen LogP contribution in [0.25, 0.3) is 0 Å². The third kappa shape index (κ3) is 3.35. The van der Waals surface area contributed by atoms with E-state index in [0.717, 1.165) is 28.1 Å². The number of ether oxygens (including phenoxy) is 1. The predicted octanol–water partition coefficient (Wildman–Crippen LogP) is 4.30. The molecule has 0 amide bonds. The minimum atomic E-state index is -0.377. The van der Waals surface area contributed by atoms with Gasteiger partial charge in [0.15, 0.2) is 0 Å². The molecule has 3 heteroatoms. The summed E-state index contributed by atoms with van der Waals surface area (Å²) in [6.45, 7) is 6.17. The highest BCUT2D eigenvalue weighted by Gasteiger charge is 2.16. The molecule has 0 spiro atoms. The number of rotatable bonds is 4. The van der Waals surface area contributed by atoms with Gasteiger partial charge in [-0.3, -0.25) is 0 Å². The molecule has 0 aliphatic rings. The van der Waals surface area contributed by atoms with Crippen LogP contribution in [0, 0.1) is 32.1 Å². The fraction of sp³-hybridized carbons (Fsp3) is 0.278. The lowest BCUT2D eigenvalue weighted by Gasteiger charge is -2.19. The molecule has 0 heterocycles. The first-order chi connectivity index (χ1) is 10.0. The molecule has 1 atom stereocenters. The van der Waals surface area contributed by atoms with Crippen molar-refractivity contribution in [2.24, 2.45) is 0 Å². The van der Waals surface area contributed by atoms with Crippen LogP contribution in [-0.2, 0) is 0 Å².